The lowest BCUT2D eigenvalue weighted by atomic mass is 9.94. The van der Waals surface area contributed by atoms with E-state index >= 15 is 0 Å². The summed E-state index contributed by atoms with van der Waals surface area (Å²) in [4.78, 5) is 12.5. The third kappa shape index (κ3) is 3.62. The second kappa shape index (κ2) is 7.34. The zero-order chi connectivity index (χ0) is 21.6. The Morgan fingerprint density at radius 3 is 2.47 bits per heavy atom. The van der Waals surface area contributed by atoms with Crippen LogP contribution in [0.25, 0.3) is 21.2 Å². The van der Waals surface area contributed by atoms with Gasteiger partial charge in [-0.1, -0.05) is 6.07 Å². The third-order valence-electron chi connectivity index (χ3n) is 4.87. The van der Waals surface area contributed by atoms with Gasteiger partial charge < -0.3 is 14.4 Å². The maximum Gasteiger partial charge on any atom is 0.259 e. The minimum absolute atomic E-state index is 0.124. The van der Waals surface area contributed by atoms with Gasteiger partial charge in [0.2, 0.25) is 0 Å². The number of benzene rings is 2. The number of hydrogen-bond acceptors (Lipinski definition) is 4. The van der Waals surface area contributed by atoms with Gasteiger partial charge in [-0.3, -0.25) is 4.79 Å². The summed E-state index contributed by atoms with van der Waals surface area (Å²) < 4.78 is 35.5. The summed E-state index contributed by atoms with van der Waals surface area (Å²) in [6, 6.07) is 9.93. The van der Waals surface area contributed by atoms with Crippen molar-refractivity contribution in [3.05, 3.63) is 81.6 Å². The third-order valence-corrected chi connectivity index (χ3v) is 5.82. The highest BCUT2D eigenvalue weighted by atomic mass is 32.1. The van der Waals surface area contributed by atoms with E-state index in [0.29, 0.717) is 27.8 Å². The van der Waals surface area contributed by atoms with Crippen LogP contribution in [0.2, 0.25) is 0 Å². The molecule has 0 amide bonds. The van der Waals surface area contributed by atoms with E-state index in [2.05, 4.69) is 0 Å². The summed E-state index contributed by atoms with van der Waals surface area (Å²) in [5, 5.41) is 12.9. The molecule has 0 radical (unpaired) electrons. The average molecular weight is 427 g/mol. The first-order valence-corrected chi connectivity index (χ1v) is 10.1. The Morgan fingerprint density at radius 1 is 1.03 bits per heavy atom. The van der Waals surface area contributed by atoms with E-state index < -0.39 is 17.2 Å². The number of hydrogen-bond donors (Lipinski definition) is 1. The van der Waals surface area contributed by atoms with Crippen LogP contribution in [-0.4, -0.2) is 9.67 Å². The minimum atomic E-state index is -1.12. The Balaban J connectivity index is 1.96. The molecule has 0 aliphatic rings. The molecule has 2 aromatic heterocycles. The molecule has 0 aliphatic carbocycles. The van der Waals surface area contributed by atoms with Gasteiger partial charge in [-0.05, 0) is 55.1 Å². The largest absolute Gasteiger partial charge is 0.454 e. The first kappa shape index (κ1) is 20.3. The molecule has 0 saturated heterocycles. The van der Waals surface area contributed by atoms with Crippen LogP contribution < -0.4 is 10.3 Å². The molecule has 2 aromatic carbocycles. The first-order chi connectivity index (χ1) is 14.1. The van der Waals surface area contributed by atoms with Crippen molar-refractivity contribution in [2.24, 2.45) is 7.05 Å². The molecular weight excluding hydrogens is 408 g/mol. The van der Waals surface area contributed by atoms with Crippen molar-refractivity contribution in [1.29, 1.82) is 0 Å². The van der Waals surface area contributed by atoms with E-state index in [9.17, 15) is 18.7 Å². The smallest absolute Gasteiger partial charge is 0.259 e. The fourth-order valence-electron chi connectivity index (χ4n) is 3.27. The quantitative estimate of drug-likeness (QED) is 0.464. The van der Waals surface area contributed by atoms with Gasteiger partial charge in [-0.2, -0.15) is 0 Å². The Hall–Kier alpha value is -3.03. The lowest BCUT2D eigenvalue weighted by Crippen LogP contribution is -2.17. The molecule has 0 bridgehead atoms. The number of aromatic nitrogens is 1. The van der Waals surface area contributed by atoms with E-state index in [-0.39, 0.29) is 11.3 Å². The molecule has 154 valence electrons. The van der Waals surface area contributed by atoms with Crippen LogP contribution in [0.4, 0.5) is 8.78 Å². The summed E-state index contributed by atoms with van der Waals surface area (Å²) in [7, 11) is 1.66. The van der Waals surface area contributed by atoms with Crippen molar-refractivity contribution in [2.75, 3.05) is 0 Å². The van der Waals surface area contributed by atoms with Crippen molar-refractivity contribution < 1.29 is 18.6 Å². The van der Waals surface area contributed by atoms with E-state index in [1.165, 1.54) is 22.0 Å². The number of rotatable bonds is 4. The first-order valence-electron chi connectivity index (χ1n) is 9.22. The van der Waals surface area contributed by atoms with E-state index in [1.54, 1.807) is 51.4 Å². The van der Waals surface area contributed by atoms with Crippen molar-refractivity contribution in [3.8, 4) is 22.6 Å². The fourth-order valence-corrected chi connectivity index (χ4v) is 4.18. The van der Waals surface area contributed by atoms with Crippen molar-refractivity contribution in [2.45, 2.75) is 19.4 Å². The number of nitrogens with zero attached hydrogens (tertiary/aromatic N) is 1. The summed E-state index contributed by atoms with van der Waals surface area (Å²) in [5.74, 6) is -1.33. The van der Waals surface area contributed by atoms with Gasteiger partial charge in [-0.25, -0.2) is 8.78 Å². The number of halogens is 2. The van der Waals surface area contributed by atoms with Gasteiger partial charge in [0.25, 0.3) is 5.56 Å². The normalized spacial score (nSPS) is 11.8. The number of aliphatic hydroxyl groups is 1. The molecule has 0 atom stereocenters. The highest BCUT2D eigenvalue weighted by Gasteiger charge is 2.21. The van der Waals surface area contributed by atoms with Gasteiger partial charge >= 0.3 is 0 Å². The summed E-state index contributed by atoms with van der Waals surface area (Å²) in [5.41, 5.74) is 0.680. The number of thiophene rings is 1. The Bertz CT molecular complexity index is 1320. The minimum Gasteiger partial charge on any atom is -0.454 e. The van der Waals surface area contributed by atoms with Crippen LogP contribution in [0.5, 0.6) is 11.5 Å². The Labute approximate surface area is 175 Å². The summed E-state index contributed by atoms with van der Waals surface area (Å²) >= 11 is 1.41. The molecule has 1 N–H and O–H groups in total. The fraction of sp³-hybridized carbons (Fsp3) is 0.174. The Kier molecular flexibility index (Phi) is 4.95. The van der Waals surface area contributed by atoms with Crippen LogP contribution in [-0.2, 0) is 12.6 Å². The topological polar surface area (TPSA) is 51.5 Å². The molecule has 30 heavy (non-hydrogen) atoms. The molecule has 0 aliphatic heterocycles. The zero-order valence-electron chi connectivity index (χ0n) is 16.6. The van der Waals surface area contributed by atoms with Gasteiger partial charge in [0.05, 0.1) is 11.0 Å². The standard InChI is InChI=1S/C23H19F2NO3S/c1-23(2,28)13-4-6-19(29-20-7-5-14(24)11-18(20)25)16(10-13)17-12-26(3)22(27)15-8-9-30-21(15)17/h4-12,28H,1-3H3. The lowest BCUT2D eigenvalue weighted by molar-refractivity contribution is 0.0786. The predicted molar refractivity (Wildman–Crippen MR) is 114 cm³/mol. The van der Waals surface area contributed by atoms with Crippen LogP contribution in [0, 0.1) is 11.6 Å². The number of pyridine rings is 1. The van der Waals surface area contributed by atoms with Crippen LogP contribution in [0.3, 0.4) is 0 Å². The number of aryl methyl sites for hydroxylation is 1. The highest BCUT2D eigenvalue weighted by Crippen LogP contribution is 2.40. The molecule has 0 fully saturated rings. The lowest BCUT2D eigenvalue weighted by Gasteiger charge is -2.21. The van der Waals surface area contributed by atoms with Gasteiger partial charge in [0, 0.05) is 35.1 Å². The zero-order valence-corrected chi connectivity index (χ0v) is 17.4. The monoisotopic (exact) mass is 427 g/mol. The van der Waals surface area contributed by atoms with Crippen LogP contribution in [0.15, 0.2) is 58.8 Å². The van der Waals surface area contributed by atoms with E-state index in [1.807, 2.05) is 5.38 Å². The van der Waals surface area contributed by atoms with Gasteiger partial charge in [-0.15, -0.1) is 11.3 Å². The SMILES string of the molecule is Cn1cc(-c2cc(C(C)(C)O)ccc2Oc2ccc(F)cc2F)c2sccc2c1=O. The highest BCUT2D eigenvalue weighted by molar-refractivity contribution is 7.17. The molecular formula is C23H19F2NO3S. The average Bonchev–Trinajstić information content (AvgIpc) is 3.16. The molecule has 7 heteroatoms. The molecule has 4 aromatic rings. The Morgan fingerprint density at radius 2 is 1.77 bits per heavy atom. The molecule has 0 unspecified atom stereocenters. The van der Waals surface area contributed by atoms with E-state index in [4.69, 9.17) is 4.74 Å². The second-order valence-electron chi connectivity index (χ2n) is 7.57. The van der Waals surface area contributed by atoms with Gasteiger partial charge in [0.1, 0.15) is 11.6 Å². The molecule has 0 spiro atoms. The van der Waals surface area contributed by atoms with E-state index in [0.717, 1.165) is 16.8 Å². The number of fused-ring (bicyclic) bond motifs is 1. The van der Waals surface area contributed by atoms with Crippen molar-refractivity contribution >= 4 is 21.4 Å². The van der Waals surface area contributed by atoms with Crippen molar-refractivity contribution in [1.82, 2.24) is 4.57 Å². The molecule has 4 nitrogen and oxygen atoms in total. The molecule has 4 rings (SSSR count). The van der Waals surface area contributed by atoms with Crippen LogP contribution in [0.1, 0.15) is 19.4 Å². The molecule has 2 heterocycles. The van der Waals surface area contributed by atoms with Crippen molar-refractivity contribution in [3.63, 3.8) is 0 Å². The maximum atomic E-state index is 14.2. The van der Waals surface area contributed by atoms with Crippen LogP contribution >= 0.6 is 11.3 Å². The summed E-state index contributed by atoms with van der Waals surface area (Å²) in [6.45, 7) is 3.32. The molecule has 0 saturated carbocycles. The summed E-state index contributed by atoms with van der Waals surface area (Å²) in [6.07, 6.45) is 1.69. The van der Waals surface area contributed by atoms with Gasteiger partial charge in [0.15, 0.2) is 11.6 Å². The predicted octanol–water partition coefficient (Wildman–Crippen LogP) is 5.56. The second-order valence-corrected chi connectivity index (χ2v) is 8.49. The number of ether oxygens (including phenoxy) is 1. The maximum absolute atomic E-state index is 14.2.